The molecule has 1 aromatic heterocycles. The Labute approximate surface area is 105 Å². The molecule has 1 rings (SSSR count). The summed E-state index contributed by atoms with van der Waals surface area (Å²) in [6, 6.07) is 4.51. The van der Waals surface area contributed by atoms with Crippen molar-refractivity contribution in [3.05, 3.63) is 29.6 Å². The Morgan fingerprint density at radius 2 is 2.12 bits per heavy atom. The molecule has 0 aliphatic carbocycles. The van der Waals surface area contributed by atoms with Crippen LogP contribution < -0.4 is 5.32 Å². The number of nitrogens with one attached hydrogen (secondary N) is 1. The molecule has 0 amide bonds. The van der Waals surface area contributed by atoms with Crippen LogP contribution in [0.1, 0.15) is 32.0 Å². The number of hydrogen-bond donors (Lipinski definition) is 1. The first kappa shape index (κ1) is 14.1. The number of pyridine rings is 1. The molecule has 3 nitrogen and oxygen atoms in total. The lowest BCUT2D eigenvalue weighted by Crippen LogP contribution is -2.48. The normalized spacial score (nSPS) is 13.7. The zero-order valence-corrected chi connectivity index (χ0v) is 11.6. The lowest BCUT2D eigenvalue weighted by atomic mass is 9.94. The van der Waals surface area contributed by atoms with E-state index in [4.69, 9.17) is 4.74 Å². The summed E-state index contributed by atoms with van der Waals surface area (Å²) in [6.07, 6.45) is 3.87. The van der Waals surface area contributed by atoms with E-state index in [0.29, 0.717) is 0 Å². The van der Waals surface area contributed by atoms with Gasteiger partial charge in [-0.05, 0) is 38.9 Å². The highest BCUT2D eigenvalue weighted by molar-refractivity contribution is 5.15. The molecule has 1 aromatic rings. The van der Waals surface area contributed by atoms with E-state index in [1.54, 1.807) is 7.11 Å². The van der Waals surface area contributed by atoms with Crippen molar-refractivity contribution < 1.29 is 4.74 Å². The number of aromatic nitrogens is 1. The minimum Gasteiger partial charge on any atom is -0.377 e. The standard InChI is InChI=1S/C14H24N2O/c1-6-11-7-8-12(16-10-11)9-13(15-4)14(2,3)17-5/h7-8,10,13,15H,6,9H2,1-5H3. The van der Waals surface area contributed by atoms with Crippen molar-refractivity contribution in [3.8, 4) is 0 Å². The molecule has 0 aliphatic rings. The fourth-order valence-electron chi connectivity index (χ4n) is 1.83. The Balaban J connectivity index is 2.73. The summed E-state index contributed by atoms with van der Waals surface area (Å²) in [6.45, 7) is 6.32. The average Bonchev–Trinajstić information content (AvgIpc) is 2.36. The molecule has 3 heteroatoms. The highest BCUT2D eigenvalue weighted by Crippen LogP contribution is 2.17. The van der Waals surface area contributed by atoms with Crippen LogP contribution in [-0.4, -0.2) is 30.8 Å². The minimum atomic E-state index is -0.195. The molecule has 0 aromatic carbocycles. The lowest BCUT2D eigenvalue weighted by molar-refractivity contribution is -0.00821. The van der Waals surface area contributed by atoms with Gasteiger partial charge in [0, 0.05) is 31.5 Å². The second-order valence-electron chi connectivity index (χ2n) is 4.86. The molecule has 0 radical (unpaired) electrons. The monoisotopic (exact) mass is 236 g/mol. The Kier molecular flexibility index (Phi) is 5.09. The molecule has 0 saturated carbocycles. The molecular weight excluding hydrogens is 212 g/mol. The van der Waals surface area contributed by atoms with Crippen molar-refractivity contribution in [2.75, 3.05) is 14.2 Å². The lowest BCUT2D eigenvalue weighted by Gasteiger charge is -2.32. The molecule has 96 valence electrons. The summed E-state index contributed by atoms with van der Waals surface area (Å²) in [4.78, 5) is 4.49. The fraction of sp³-hybridized carbons (Fsp3) is 0.643. The summed E-state index contributed by atoms with van der Waals surface area (Å²) in [5.74, 6) is 0. The van der Waals surface area contributed by atoms with E-state index in [2.05, 4.69) is 43.2 Å². The number of methoxy groups -OCH3 is 1. The molecular formula is C14H24N2O. The van der Waals surface area contributed by atoms with Gasteiger partial charge in [-0.3, -0.25) is 4.98 Å². The van der Waals surface area contributed by atoms with Crippen molar-refractivity contribution in [3.63, 3.8) is 0 Å². The highest BCUT2D eigenvalue weighted by atomic mass is 16.5. The van der Waals surface area contributed by atoms with Gasteiger partial charge in [0.15, 0.2) is 0 Å². The van der Waals surface area contributed by atoms with Gasteiger partial charge in [-0.25, -0.2) is 0 Å². The zero-order valence-electron chi connectivity index (χ0n) is 11.6. The Hall–Kier alpha value is -0.930. The van der Waals surface area contributed by atoms with Crippen LogP contribution in [0.15, 0.2) is 18.3 Å². The van der Waals surface area contributed by atoms with Gasteiger partial charge < -0.3 is 10.1 Å². The quantitative estimate of drug-likeness (QED) is 0.822. The van der Waals surface area contributed by atoms with Crippen molar-refractivity contribution >= 4 is 0 Å². The van der Waals surface area contributed by atoms with Crippen LogP contribution in [0.25, 0.3) is 0 Å². The van der Waals surface area contributed by atoms with Gasteiger partial charge in [-0.15, -0.1) is 0 Å². The number of ether oxygens (including phenoxy) is 1. The third kappa shape index (κ3) is 3.79. The van der Waals surface area contributed by atoms with Crippen LogP contribution in [0.4, 0.5) is 0 Å². The first-order valence-electron chi connectivity index (χ1n) is 6.19. The first-order chi connectivity index (χ1) is 8.03. The van der Waals surface area contributed by atoms with Crippen LogP contribution in [0, 0.1) is 0 Å². The van der Waals surface area contributed by atoms with E-state index in [1.807, 2.05) is 13.2 Å². The third-order valence-electron chi connectivity index (χ3n) is 3.42. The molecule has 1 heterocycles. The number of aryl methyl sites for hydroxylation is 1. The number of nitrogens with zero attached hydrogens (tertiary/aromatic N) is 1. The van der Waals surface area contributed by atoms with E-state index in [0.717, 1.165) is 18.5 Å². The van der Waals surface area contributed by atoms with E-state index < -0.39 is 0 Å². The smallest absolute Gasteiger partial charge is 0.0778 e. The molecule has 0 saturated heterocycles. The molecule has 1 N–H and O–H groups in total. The van der Waals surface area contributed by atoms with Gasteiger partial charge in [0.05, 0.1) is 5.60 Å². The predicted octanol–water partition coefficient (Wildman–Crippen LogP) is 2.20. The third-order valence-corrected chi connectivity index (χ3v) is 3.42. The van der Waals surface area contributed by atoms with Gasteiger partial charge in [-0.1, -0.05) is 13.0 Å². The summed E-state index contributed by atoms with van der Waals surface area (Å²) < 4.78 is 5.52. The number of likely N-dealkylation sites (N-methyl/N-ethyl adjacent to an activating group) is 1. The van der Waals surface area contributed by atoms with Crippen molar-refractivity contribution in [2.45, 2.75) is 45.3 Å². The Bertz CT molecular complexity index is 333. The summed E-state index contributed by atoms with van der Waals surface area (Å²) in [5.41, 5.74) is 2.19. The fourth-order valence-corrected chi connectivity index (χ4v) is 1.83. The van der Waals surface area contributed by atoms with Gasteiger partial charge in [-0.2, -0.15) is 0 Å². The maximum absolute atomic E-state index is 5.52. The molecule has 0 aliphatic heterocycles. The van der Waals surface area contributed by atoms with E-state index in [1.165, 1.54) is 5.56 Å². The second kappa shape index (κ2) is 6.12. The second-order valence-corrected chi connectivity index (χ2v) is 4.86. The Morgan fingerprint density at radius 1 is 1.41 bits per heavy atom. The Morgan fingerprint density at radius 3 is 2.53 bits per heavy atom. The SMILES string of the molecule is CCc1ccc(CC(NC)C(C)(C)OC)nc1. The van der Waals surface area contributed by atoms with Crippen LogP contribution in [-0.2, 0) is 17.6 Å². The van der Waals surface area contributed by atoms with Gasteiger partial charge in [0.1, 0.15) is 0 Å². The molecule has 0 bridgehead atoms. The summed E-state index contributed by atoms with van der Waals surface area (Å²) in [5, 5.41) is 3.31. The van der Waals surface area contributed by atoms with Crippen molar-refractivity contribution in [1.82, 2.24) is 10.3 Å². The maximum atomic E-state index is 5.52. The van der Waals surface area contributed by atoms with Crippen molar-refractivity contribution in [1.29, 1.82) is 0 Å². The maximum Gasteiger partial charge on any atom is 0.0778 e. The van der Waals surface area contributed by atoms with Crippen LogP contribution in [0.3, 0.4) is 0 Å². The highest BCUT2D eigenvalue weighted by Gasteiger charge is 2.28. The average molecular weight is 236 g/mol. The van der Waals surface area contributed by atoms with E-state index >= 15 is 0 Å². The van der Waals surface area contributed by atoms with Crippen LogP contribution in [0.5, 0.6) is 0 Å². The van der Waals surface area contributed by atoms with Gasteiger partial charge >= 0.3 is 0 Å². The van der Waals surface area contributed by atoms with Crippen LogP contribution >= 0.6 is 0 Å². The number of hydrogen-bond acceptors (Lipinski definition) is 3. The van der Waals surface area contributed by atoms with Crippen molar-refractivity contribution in [2.24, 2.45) is 0 Å². The van der Waals surface area contributed by atoms with E-state index in [-0.39, 0.29) is 11.6 Å². The van der Waals surface area contributed by atoms with Crippen LogP contribution in [0.2, 0.25) is 0 Å². The molecule has 1 atom stereocenters. The predicted molar refractivity (Wildman–Crippen MR) is 71.3 cm³/mol. The largest absolute Gasteiger partial charge is 0.377 e. The number of rotatable bonds is 6. The summed E-state index contributed by atoms with van der Waals surface area (Å²) >= 11 is 0. The van der Waals surface area contributed by atoms with Gasteiger partial charge in [0.2, 0.25) is 0 Å². The zero-order chi connectivity index (χ0) is 12.9. The molecule has 17 heavy (non-hydrogen) atoms. The van der Waals surface area contributed by atoms with E-state index in [9.17, 15) is 0 Å². The molecule has 1 unspecified atom stereocenters. The molecule has 0 fully saturated rings. The summed E-state index contributed by atoms with van der Waals surface area (Å²) in [7, 11) is 3.71. The topological polar surface area (TPSA) is 34.1 Å². The van der Waals surface area contributed by atoms with Gasteiger partial charge in [0.25, 0.3) is 0 Å². The molecule has 0 spiro atoms. The minimum absolute atomic E-state index is 0.195. The first-order valence-corrected chi connectivity index (χ1v) is 6.19.